The second kappa shape index (κ2) is 8.19. The Bertz CT molecular complexity index is 791. The van der Waals surface area contributed by atoms with Gasteiger partial charge in [0.25, 0.3) is 5.91 Å². The number of β-amino-alcohol motifs (C(OH)–C–C–N with tert-alkyl or cyclic N) is 1. The highest BCUT2D eigenvalue weighted by molar-refractivity contribution is 9.10. The molecular formula is C16H17BrN2O7. The van der Waals surface area contributed by atoms with Gasteiger partial charge in [-0.3, -0.25) is 4.79 Å². The fourth-order valence-corrected chi connectivity index (χ4v) is 2.86. The maximum Gasteiger partial charge on any atom is 0.341 e. The molecule has 9 nitrogen and oxygen atoms in total. The second-order valence-electron chi connectivity index (χ2n) is 5.24. The number of methoxy groups -OCH3 is 2. The van der Waals surface area contributed by atoms with Crippen LogP contribution < -0.4 is 5.32 Å². The molecule has 0 atom stereocenters. The van der Waals surface area contributed by atoms with E-state index in [1.165, 1.54) is 31.3 Å². The summed E-state index contributed by atoms with van der Waals surface area (Å²) in [4.78, 5) is 37.3. The number of nitrogens with zero attached hydrogens (tertiary/aromatic N) is 1. The van der Waals surface area contributed by atoms with Crippen molar-refractivity contribution >= 4 is 39.5 Å². The van der Waals surface area contributed by atoms with Crippen molar-refractivity contribution < 1.29 is 34.1 Å². The third-order valence-electron chi connectivity index (χ3n) is 3.73. The van der Waals surface area contributed by atoms with E-state index in [2.05, 4.69) is 26.0 Å². The Labute approximate surface area is 157 Å². The number of rotatable bonds is 6. The number of benzene rings is 1. The first-order chi connectivity index (χ1) is 12.3. The fraction of sp³-hybridized carbons (Fsp3) is 0.312. The van der Waals surface area contributed by atoms with Gasteiger partial charge >= 0.3 is 11.9 Å². The monoisotopic (exact) mass is 428 g/mol. The van der Waals surface area contributed by atoms with Gasteiger partial charge in [-0.05, 0) is 28.1 Å². The van der Waals surface area contributed by atoms with E-state index in [4.69, 9.17) is 9.84 Å². The number of halogens is 1. The van der Waals surface area contributed by atoms with Crippen LogP contribution in [0.25, 0.3) is 0 Å². The number of aromatic hydroxyl groups is 1. The molecule has 0 unspecified atom stereocenters. The maximum absolute atomic E-state index is 12.5. The Kier molecular flexibility index (Phi) is 6.22. The molecule has 0 aromatic heterocycles. The van der Waals surface area contributed by atoms with E-state index in [1.807, 2.05) is 0 Å². The quantitative estimate of drug-likeness (QED) is 0.562. The minimum Gasteiger partial charge on any atom is -0.506 e. The molecular weight excluding hydrogens is 412 g/mol. The summed E-state index contributed by atoms with van der Waals surface area (Å²) in [5, 5.41) is 22.0. The lowest BCUT2D eigenvalue weighted by molar-refractivity contribution is -0.136. The number of aliphatic hydroxyl groups excluding tert-OH is 1. The van der Waals surface area contributed by atoms with Crippen molar-refractivity contribution in [2.45, 2.75) is 0 Å². The van der Waals surface area contributed by atoms with Gasteiger partial charge in [-0.25, -0.2) is 9.59 Å². The number of phenolic OH excluding ortho intramolecular Hbond substituents is 1. The molecule has 140 valence electrons. The Morgan fingerprint density at radius 1 is 1.27 bits per heavy atom. The number of aliphatic hydroxyl groups is 1. The van der Waals surface area contributed by atoms with E-state index in [-0.39, 0.29) is 52.4 Å². The number of ether oxygens (including phenoxy) is 2. The number of hydrogen-bond acceptors (Lipinski definition) is 8. The fourth-order valence-electron chi connectivity index (χ4n) is 2.42. The minimum atomic E-state index is -0.727. The van der Waals surface area contributed by atoms with Gasteiger partial charge in [-0.15, -0.1) is 0 Å². The van der Waals surface area contributed by atoms with Crippen molar-refractivity contribution in [2.75, 3.05) is 39.2 Å². The Morgan fingerprint density at radius 3 is 2.50 bits per heavy atom. The van der Waals surface area contributed by atoms with E-state index < -0.39 is 17.8 Å². The van der Waals surface area contributed by atoms with Crippen LogP contribution in [0.5, 0.6) is 5.75 Å². The highest BCUT2D eigenvalue weighted by atomic mass is 79.9. The van der Waals surface area contributed by atoms with Gasteiger partial charge in [0.1, 0.15) is 17.0 Å². The van der Waals surface area contributed by atoms with E-state index >= 15 is 0 Å². The molecule has 10 heteroatoms. The van der Waals surface area contributed by atoms with E-state index in [1.54, 1.807) is 0 Å². The Hall–Kier alpha value is -2.59. The standard InChI is InChI=1S/C16H17BrN2O7/c1-25-15(23)8-3-4-10(11(17)13(8)21)18-12-9(16(24)26-2)7-19(5-6-20)14(12)22/h3-4,18,20-21H,5-7H2,1-2H3. The first kappa shape index (κ1) is 19.7. The third kappa shape index (κ3) is 3.65. The van der Waals surface area contributed by atoms with Crippen molar-refractivity contribution in [2.24, 2.45) is 0 Å². The number of phenols is 1. The van der Waals surface area contributed by atoms with Crippen molar-refractivity contribution in [3.8, 4) is 5.75 Å². The van der Waals surface area contributed by atoms with Crippen LogP contribution in [0.3, 0.4) is 0 Å². The minimum absolute atomic E-state index is 0.0156. The van der Waals surface area contributed by atoms with Crippen LogP contribution in [-0.4, -0.2) is 66.9 Å². The molecule has 1 aromatic carbocycles. The zero-order valence-electron chi connectivity index (χ0n) is 14.0. The number of carbonyl (C=O) groups is 3. The summed E-state index contributed by atoms with van der Waals surface area (Å²) in [6, 6.07) is 2.76. The molecule has 0 saturated carbocycles. The molecule has 26 heavy (non-hydrogen) atoms. The summed E-state index contributed by atoms with van der Waals surface area (Å²) in [7, 11) is 2.38. The van der Waals surface area contributed by atoms with Crippen LogP contribution in [0.1, 0.15) is 10.4 Å². The molecule has 1 aromatic rings. The van der Waals surface area contributed by atoms with Gasteiger partial charge in [-0.2, -0.15) is 0 Å². The molecule has 0 fully saturated rings. The predicted octanol–water partition coefficient (Wildman–Crippen LogP) is 0.615. The molecule has 0 radical (unpaired) electrons. The highest BCUT2D eigenvalue weighted by Crippen LogP contribution is 2.36. The van der Waals surface area contributed by atoms with Crippen LogP contribution in [-0.2, 0) is 19.1 Å². The maximum atomic E-state index is 12.5. The van der Waals surface area contributed by atoms with Crippen LogP contribution >= 0.6 is 15.9 Å². The lowest BCUT2D eigenvalue weighted by Gasteiger charge is -2.16. The van der Waals surface area contributed by atoms with Gasteiger partial charge in [-0.1, -0.05) is 0 Å². The summed E-state index contributed by atoms with van der Waals surface area (Å²) < 4.78 is 9.38. The summed E-state index contributed by atoms with van der Waals surface area (Å²) >= 11 is 3.15. The van der Waals surface area contributed by atoms with Gasteiger partial charge in [0.15, 0.2) is 0 Å². The Morgan fingerprint density at radius 2 is 1.92 bits per heavy atom. The summed E-state index contributed by atoms with van der Waals surface area (Å²) in [5.41, 5.74) is 0.253. The van der Waals surface area contributed by atoms with Gasteiger partial charge in [0.2, 0.25) is 0 Å². The zero-order valence-corrected chi connectivity index (χ0v) is 15.6. The van der Waals surface area contributed by atoms with Crippen molar-refractivity contribution in [3.05, 3.63) is 33.4 Å². The summed E-state index contributed by atoms with van der Waals surface area (Å²) in [5.74, 6) is -2.29. The summed E-state index contributed by atoms with van der Waals surface area (Å²) in [6.07, 6.45) is 0. The molecule has 1 amide bonds. The molecule has 0 bridgehead atoms. The largest absolute Gasteiger partial charge is 0.506 e. The molecule has 1 aliphatic rings. The van der Waals surface area contributed by atoms with Gasteiger partial charge < -0.3 is 29.9 Å². The SMILES string of the molecule is COC(=O)C1=C(Nc2ccc(C(=O)OC)c(O)c2Br)C(=O)N(CCO)C1. The first-order valence-corrected chi connectivity index (χ1v) is 8.23. The molecule has 0 spiro atoms. The van der Waals surface area contributed by atoms with E-state index in [9.17, 15) is 19.5 Å². The number of esters is 2. The average molecular weight is 429 g/mol. The van der Waals surface area contributed by atoms with E-state index in [0.717, 1.165) is 0 Å². The summed E-state index contributed by atoms with van der Waals surface area (Å²) in [6.45, 7) is -0.220. The normalized spacial score (nSPS) is 13.8. The number of carbonyl (C=O) groups excluding carboxylic acids is 3. The van der Waals surface area contributed by atoms with Crippen LogP contribution in [0.4, 0.5) is 5.69 Å². The Balaban J connectivity index is 2.41. The van der Waals surface area contributed by atoms with Crippen molar-refractivity contribution in [1.82, 2.24) is 4.90 Å². The average Bonchev–Trinajstić information content (AvgIpc) is 2.94. The molecule has 1 heterocycles. The van der Waals surface area contributed by atoms with Crippen LogP contribution in [0, 0.1) is 0 Å². The number of amides is 1. The zero-order chi connectivity index (χ0) is 19.4. The molecule has 2 rings (SSSR count). The number of nitrogens with one attached hydrogen (secondary N) is 1. The molecule has 0 saturated heterocycles. The number of hydrogen-bond donors (Lipinski definition) is 3. The first-order valence-electron chi connectivity index (χ1n) is 7.44. The predicted molar refractivity (Wildman–Crippen MR) is 93.5 cm³/mol. The lowest BCUT2D eigenvalue weighted by Crippen LogP contribution is -2.31. The van der Waals surface area contributed by atoms with E-state index in [0.29, 0.717) is 0 Å². The smallest absolute Gasteiger partial charge is 0.341 e. The second-order valence-corrected chi connectivity index (χ2v) is 6.03. The van der Waals surface area contributed by atoms with Crippen LogP contribution in [0.2, 0.25) is 0 Å². The molecule has 1 aliphatic heterocycles. The van der Waals surface area contributed by atoms with Crippen molar-refractivity contribution in [1.29, 1.82) is 0 Å². The molecule has 3 N–H and O–H groups in total. The van der Waals surface area contributed by atoms with Gasteiger partial charge in [0, 0.05) is 6.54 Å². The highest BCUT2D eigenvalue weighted by Gasteiger charge is 2.35. The van der Waals surface area contributed by atoms with Gasteiger partial charge in [0.05, 0.1) is 43.1 Å². The number of anilines is 1. The topological polar surface area (TPSA) is 125 Å². The van der Waals surface area contributed by atoms with Crippen molar-refractivity contribution in [3.63, 3.8) is 0 Å². The lowest BCUT2D eigenvalue weighted by atomic mass is 10.1. The third-order valence-corrected chi connectivity index (χ3v) is 4.54. The molecule has 0 aliphatic carbocycles. The van der Waals surface area contributed by atoms with Crippen LogP contribution in [0.15, 0.2) is 27.9 Å².